The highest BCUT2D eigenvalue weighted by Gasteiger charge is 2.26. The van der Waals surface area contributed by atoms with Crippen molar-refractivity contribution >= 4 is 17.5 Å². The molecular weight excluding hydrogens is 320 g/mol. The third-order valence-corrected chi connectivity index (χ3v) is 5.07. The number of aliphatic hydroxyl groups is 1. The van der Waals surface area contributed by atoms with Crippen molar-refractivity contribution in [1.29, 1.82) is 0 Å². The Labute approximate surface area is 149 Å². The predicted molar refractivity (Wildman–Crippen MR) is 96.8 cm³/mol. The van der Waals surface area contributed by atoms with E-state index in [0.717, 1.165) is 57.2 Å². The van der Waals surface area contributed by atoms with Crippen molar-refractivity contribution in [2.75, 3.05) is 69.8 Å². The second-order valence-electron chi connectivity index (χ2n) is 6.96. The van der Waals surface area contributed by atoms with Crippen molar-refractivity contribution in [3.63, 3.8) is 0 Å². The van der Waals surface area contributed by atoms with Crippen molar-refractivity contribution in [2.45, 2.75) is 18.9 Å². The summed E-state index contributed by atoms with van der Waals surface area (Å²) in [7, 11) is 3.58. The van der Waals surface area contributed by atoms with Crippen LogP contribution in [0.2, 0.25) is 0 Å². The van der Waals surface area contributed by atoms with Crippen LogP contribution < -0.4 is 9.80 Å². The zero-order chi connectivity index (χ0) is 17.8. The largest absolute Gasteiger partial charge is 0.394 e. The average Bonchev–Trinajstić information content (AvgIpc) is 3.11. The molecule has 8 nitrogen and oxygen atoms in total. The first kappa shape index (κ1) is 17.9. The van der Waals surface area contributed by atoms with Crippen molar-refractivity contribution in [2.24, 2.45) is 0 Å². The first-order valence-electron chi connectivity index (χ1n) is 8.95. The smallest absolute Gasteiger partial charge is 0.236 e. The van der Waals surface area contributed by atoms with Crippen LogP contribution in [0.3, 0.4) is 0 Å². The molecule has 1 amide bonds. The molecule has 2 aliphatic heterocycles. The maximum absolute atomic E-state index is 11.8. The predicted octanol–water partition coefficient (Wildman–Crippen LogP) is -0.352. The van der Waals surface area contributed by atoms with Crippen molar-refractivity contribution in [3.05, 3.63) is 12.4 Å². The Balaban J connectivity index is 1.60. The number of carbonyl (C=O) groups excluding carboxylic acids is 1. The molecule has 2 fully saturated rings. The van der Waals surface area contributed by atoms with E-state index in [-0.39, 0.29) is 18.6 Å². The summed E-state index contributed by atoms with van der Waals surface area (Å²) in [5.41, 5.74) is 0. The lowest BCUT2D eigenvalue weighted by molar-refractivity contribution is -0.129. The van der Waals surface area contributed by atoms with Gasteiger partial charge in [-0.1, -0.05) is 0 Å². The number of aromatic nitrogens is 2. The molecule has 0 aliphatic carbocycles. The number of amides is 1. The van der Waals surface area contributed by atoms with E-state index in [1.54, 1.807) is 25.3 Å². The Morgan fingerprint density at radius 2 is 1.92 bits per heavy atom. The van der Waals surface area contributed by atoms with Crippen molar-refractivity contribution < 1.29 is 9.90 Å². The number of likely N-dealkylation sites (N-methyl/N-ethyl adjacent to an activating group) is 1. The lowest BCUT2D eigenvalue weighted by Crippen LogP contribution is -2.49. The van der Waals surface area contributed by atoms with Gasteiger partial charge in [0, 0.05) is 52.9 Å². The molecule has 1 atom stereocenters. The first-order valence-corrected chi connectivity index (χ1v) is 8.95. The van der Waals surface area contributed by atoms with Gasteiger partial charge in [0.2, 0.25) is 5.91 Å². The molecule has 8 heteroatoms. The van der Waals surface area contributed by atoms with Gasteiger partial charge in [0.25, 0.3) is 0 Å². The van der Waals surface area contributed by atoms with Gasteiger partial charge in [-0.15, -0.1) is 0 Å². The number of aliphatic hydroxyl groups excluding tert-OH is 1. The lowest BCUT2D eigenvalue weighted by atomic mass is 10.2. The molecular formula is C17H28N6O2. The van der Waals surface area contributed by atoms with Gasteiger partial charge in [-0.3, -0.25) is 9.69 Å². The van der Waals surface area contributed by atoms with E-state index < -0.39 is 0 Å². The topological polar surface area (TPSA) is 76.0 Å². The molecule has 2 aliphatic rings. The zero-order valence-electron chi connectivity index (χ0n) is 15.1. The van der Waals surface area contributed by atoms with Gasteiger partial charge in [-0.05, 0) is 12.8 Å². The van der Waals surface area contributed by atoms with Crippen molar-refractivity contribution in [1.82, 2.24) is 19.8 Å². The molecule has 0 saturated carbocycles. The van der Waals surface area contributed by atoms with Gasteiger partial charge in [0.05, 0.1) is 19.2 Å². The van der Waals surface area contributed by atoms with Crippen LogP contribution in [0.25, 0.3) is 0 Å². The van der Waals surface area contributed by atoms with Gasteiger partial charge in [0.15, 0.2) is 0 Å². The minimum Gasteiger partial charge on any atom is -0.394 e. The maximum atomic E-state index is 11.8. The van der Waals surface area contributed by atoms with Crippen LogP contribution in [-0.4, -0.2) is 96.8 Å². The number of piperazine rings is 1. The Bertz CT molecular complexity index is 588. The zero-order valence-corrected chi connectivity index (χ0v) is 15.1. The van der Waals surface area contributed by atoms with E-state index in [1.165, 1.54) is 0 Å². The molecule has 2 saturated heterocycles. The highest BCUT2D eigenvalue weighted by Crippen LogP contribution is 2.26. The second kappa shape index (κ2) is 7.97. The summed E-state index contributed by atoms with van der Waals surface area (Å²) < 4.78 is 0. The average molecular weight is 348 g/mol. The number of carbonyl (C=O) groups is 1. The third kappa shape index (κ3) is 4.19. The summed E-state index contributed by atoms with van der Waals surface area (Å²) in [5.74, 6) is 1.96. The molecule has 25 heavy (non-hydrogen) atoms. The number of hydrogen-bond acceptors (Lipinski definition) is 7. The van der Waals surface area contributed by atoms with Gasteiger partial charge < -0.3 is 19.8 Å². The molecule has 0 aromatic carbocycles. The molecule has 3 rings (SSSR count). The molecule has 1 aromatic rings. The SMILES string of the molecule is CN(C)C(=O)CN1CCN(c2cc(N3CCC[C@H]3CO)ncn2)CC1. The number of anilines is 2. The van der Waals surface area contributed by atoms with Crippen LogP contribution in [0.15, 0.2) is 12.4 Å². The second-order valence-corrected chi connectivity index (χ2v) is 6.96. The van der Waals surface area contributed by atoms with Gasteiger partial charge in [-0.25, -0.2) is 9.97 Å². The molecule has 0 bridgehead atoms. The van der Waals surface area contributed by atoms with Crippen LogP contribution >= 0.6 is 0 Å². The molecule has 3 heterocycles. The van der Waals surface area contributed by atoms with E-state index in [0.29, 0.717) is 6.54 Å². The summed E-state index contributed by atoms with van der Waals surface area (Å²) in [6.45, 7) is 4.97. The number of hydrogen-bond donors (Lipinski definition) is 1. The van der Waals surface area contributed by atoms with Crippen LogP contribution in [-0.2, 0) is 4.79 Å². The minimum atomic E-state index is 0.141. The van der Waals surface area contributed by atoms with E-state index >= 15 is 0 Å². The van der Waals surface area contributed by atoms with E-state index in [2.05, 4.69) is 24.7 Å². The highest BCUT2D eigenvalue weighted by atomic mass is 16.3. The monoisotopic (exact) mass is 348 g/mol. The molecule has 0 spiro atoms. The lowest BCUT2D eigenvalue weighted by Gasteiger charge is -2.35. The summed E-state index contributed by atoms with van der Waals surface area (Å²) in [4.78, 5) is 28.9. The Morgan fingerprint density at radius 3 is 2.60 bits per heavy atom. The molecule has 0 radical (unpaired) electrons. The fourth-order valence-electron chi connectivity index (χ4n) is 3.46. The molecule has 1 aromatic heterocycles. The van der Waals surface area contributed by atoms with Crippen LogP contribution in [0.4, 0.5) is 11.6 Å². The quantitative estimate of drug-likeness (QED) is 0.779. The number of rotatable bonds is 5. The summed E-state index contributed by atoms with van der Waals surface area (Å²) >= 11 is 0. The highest BCUT2D eigenvalue weighted by molar-refractivity contribution is 5.77. The van der Waals surface area contributed by atoms with Crippen LogP contribution in [0.1, 0.15) is 12.8 Å². The summed E-state index contributed by atoms with van der Waals surface area (Å²) in [6, 6.07) is 2.19. The summed E-state index contributed by atoms with van der Waals surface area (Å²) in [6.07, 6.45) is 3.71. The van der Waals surface area contributed by atoms with E-state index in [1.807, 2.05) is 6.07 Å². The number of nitrogens with zero attached hydrogens (tertiary/aromatic N) is 6. The van der Waals surface area contributed by atoms with Crippen LogP contribution in [0, 0.1) is 0 Å². The first-order chi connectivity index (χ1) is 12.1. The van der Waals surface area contributed by atoms with Gasteiger partial charge in [0.1, 0.15) is 18.0 Å². The van der Waals surface area contributed by atoms with E-state index in [4.69, 9.17) is 0 Å². The molecule has 0 unspecified atom stereocenters. The van der Waals surface area contributed by atoms with Gasteiger partial charge >= 0.3 is 0 Å². The maximum Gasteiger partial charge on any atom is 0.236 e. The fourth-order valence-corrected chi connectivity index (χ4v) is 3.46. The molecule has 138 valence electrons. The standard InChI is InChI=1S/C17H28N6O2/c1-20(2)17(25)11-21-6-8-22(9-7-21)15-10-16(19-13-18-15)23-5-3-4-14(23)12-24/h10,13-14,24H,3-9,11-12H2,1-2H3/t14-/m0/s1. The third-order valence-electron chi connectivity index (χ3n) is 5.07. The van der Waals surface area contributed by atoms with Crippen molar-refractivity contribution in [3.8, 4) is 0 Å². The van der Waals surface area contributed by atoms with Crippen LogP contribution in [0.5, 0.6) is 0 Å². The Hall–Kier alpha value is -1.93. The van der Waals surface area contributed by atoms with E-state index in [9.17, 15) is 9.90 Å². The Kier molecular flexibility index (Phi) is 5.70. The fraction of sp³-hybridized carbons (Fsp3) is 0.706. The Morgan fingerprint density at radius 1 is 1.20 bits per heavy atom. The normalized spacial score (nSPS) is 21.6. The minimum absolute atomic E-state index is 0.141. The summed E-state index contributed by atoms with van der Waals surface area (Å²) in [5, 5.41) is 9.52. The molecule has 1 N–H and O–H groups in total. The van der Waals surface area contributed by atoms with Gasteiger partial charge in [-0.2, -0.15) is 0 Å².